The number of amides is 1. The number of hydrogen-bond donors (Lipinski definition) is 0. The van der Waals surface area contributed by atoms with Crippen molar-refractivity contribution in [3.8, 4) is 0 Å². The van der Waals surface area contributed by atoms with Crippen molar-refractivity contribution in [2.24, 2.45) is 0 Å². The summed E-state index contributed by atoms with van der Waals surface area (Å²) in [7, 11) is 0. The second-order valence-electron chi connectivity index (χ2n) is 8.05. The minimum atomic E-state index is -1.43. The van der Waals surface area contributed by atoms with Gasteiger partial charge >= 0.3 is 23.9 Å². The molecule has 0 unspecified atom stereocenters. The number of rotatable bonds is 7. The van der Waals surface area contributed by atoms with Crippen LogP contribution in [0.25, 0.3) is 6.08 Å². The highest BCUT2D eigenvalue weighted by atomic mass is 32.2. The average Bonchev–Trinajstić information content (AvgIpc) is 3.07. The Labute approximate surface area is 222 Å². The predicted octanol–water partition coefficient (Wildman–Crippen LogP) is 1.97. The van der Waals surface area contributed by atoms with Gasteiger partial charge in [0.25, 0.3) is 5.91 Å². The van der Waals surface area contributed by atoms with Gasteiger partial charge in [0.15, 0.2) is 28.9 Å². The summed E-state index contributed by atoms with van der Waals surface area (Å²) in [6.45, 7) is 4.11. The van der Waals surface area contributed by atoms with Crippen molar-refractivity contribution in [1.82, 2.24) is 4.90 Å². The van der Waals surface area contributed by atoms with E-state index < -0.39 is 67.0 Å². The molecule has 1 amide bonds. The summed E-state index contributed by atoms with van der Waals surface area (Å²) in [6.07, 6.45) is -5.12. The quantitative estimate of drug-likeness (QED) is 0.212. The molecule has 37 heavy (non-hydrogen) atoms. The maximum atomic E-state index is 13.5. The lowest BCUT2D eigenvalue weighted by atomic mass is 9.96. The Bertz CT molecular complexity index is 1120. The second kappa shape index (κ2) is 12.3. The number of thioether (sulfide) groups is 1. The number of carbonyl (C=O) groups excluding carboxylic acids is 5. The average molecular weight is 552 g/mol. The van der Waals surface area contributed by atoms with Crippen LogP contribution >= 0.6 is 24.0 Å². The fourth-order valence-electron chi connectivity index (χ4n) is 3.81. The Kier molecular flexibility index (Phi) is 9.40. The molecule has 11 nitrogen and oxygen atoms in total. The zero-order valence-electron chi connectivity index (χ0n) is 20.4. The molecule has 3 rings (SSSR count). The van der Waals surface area contributed by atoms with Gasteiger partial charge in [-0.25, -0.2) is 0 Å². The maximum Gasteiger partial charge on any atom is 0.303 e. The van der Waals surface area contributed by atoms with E-state index in [0.717, 1.165) is 43.0 Å². The van der Waals surface area contributed by atoms with Crippen LogP contribution in [0.2, 0.25) is 0 Å². The molecule has 0 spiro atoms. The lowest BCUT2D eigenvalue weighted by molar-refractivity contribution is -0.268. The molecule has 0 bridgehead atoms. The summed E-state index contributed by atoms with van der Waals surface area (Å²) in [5.41, 5.74) is 0.754. The maximum absolute atomic E-state index is 13.5. The lowest BCUT2D eigenvalue weighted by Crippen LogP contribution is -2.66. The normalized spacial score (nSPS) is 26.5. The number of thiocarbonyl (C=S) groups is 1. The Morgan fingerprint density at radius 1 is 0.919 bits per heavy atom. The fourth-order valence-corrected chi connectivity index (χ4v) is 5.12. The molecule has 2 heterocycles. The molecule has 1 aromatic carbocycles. The van der Waals surface area contributed by atoms with E-state index in [1.54, 1.807) is 18.2 Å². The largest absolute Gasteiger partial charge is 0.463 e. The molecule has 0 aliphatic carbocycles. The van der Waals surface area contributed by atoms with Crippen molar-refractivity contribution in [1.29, 1.82) is 0 Å². The van der Waals surface area contributed by atoms with Gasteiger partial charge in [-0.15, -0.1) is 0 Å². The first-order chi connectivity index (χ1) is 17.5. The van der Waals surface area contributed by atoms with Crippen molar-refractivity contribution >= 4 is 64.2 Å². The number of ether oxygens (including phenoxy) is 5. The van der Waals surface area contributed by atoms with E-state index in [1.807, 2.05) is 18.2 Å². The van der Waals surface area contributed by atoms with E-state index in [2.05, 4.69) is 0 Å². The Morgan fingerprint density at radius 3 is 2.05 bits per heavy atom. The molecule has 0 saturated carbocycles. The van der Waals surface area contributed by atoms with Gasteiger partial charge in [0, 0.05) is 27.7 Å². The molecule has 0 radical (unpaired) electrons. The summed E-state index contributed by atoms with van der Waals surface area (Å²) in [5.74, 6) is -3.50. The molecule has 13 heteroatoms. The van der Waals surface area contributed by atoms with Crippen LogP contribution in [-0.4, -0.2) is 76.3 Å². The minimum absolute atomic E-state index is 0.0908. The number of hydrogen-bond acceptors (Lipinski definition) is 12. The highest BCUT2D eigenvalue weighted by Crippen LogP contribution is 2.39. The van der Waals surface area contributed by atoms with Gasteiger partial charge in [0.1, 0.15) is 12.7 Å². The van der Waals surface area contributed by atoms with Crippen LogP contribution in [0, 0.1) is 0 Å². The number of carbonyl (C=O) groups is 5. The van der Waals surface area contributed by atoms with Crippen LogP contribution in [0.15, 0.2) is 35.2 Å². The Hall–Kier alpha value is -3.29. The van der Waals surface area contributed by atoms with E-state index in [9.17, 15) is 24.0 Å². The minimum Gasteiger partial charge on any atom is -0.463 e. The zero-order chi connectivity index (χ0) is 27.3. The summed E-state index contributed by atoms with van der Waals surface area (Å²) >= 11 is 6.46. The van der Waals surface area contributed by atoms with Gasteiger partial charge in [-0.2, -0.15) is 0 Å². The zero-order valence-corrected chi connectivity index (χ0v) is 22.0. The summed E-state index contributed by atoms with van der Waals surface area (Å²) in [5, 5.41) is 0. The molecular formula is C24H25NO10S2. The number of nitrogens with zero attached hydrogens (tertiary/aromatic N) is 1. The van der Waals surface area contributed by atoms with Gasteiger partial charge in [-0.1, -0.05) is 54.3 Å². The van der Waals surface area contributed by atoms with E-state index in [-0.39, 0.29) is 9.23 Å². The van der Waals surface area contributed by atoms with Crippen LogP contribution in [0.1, 0.15) is 33.3 Å². The molecule has 2 saturated heterocycles. The first-order valence-corrected chi connectivity index (χ1v) is 12.3. The molecule has 198 valence electrons. The lowest BCUT2D eigenvalue weighted by Gasteiger charge is -2.46. The van der Waals surface area contributed by atoms with Gasteiger partial charge in [-0.3, -0.25) is 28.9 Å². The Morgan fingerprint density at radius 2 is 1.49 bits per heavy atom. The third-order valence-electron chi connectivity index (χ3n) is 5.14. The number of esters is 4. The Balaban J connectivity index is 2.05. The fraction of sp³-hybridized carbons (Fsp3) is 0.417. The van der Waals surface area contributed by atoms with Crippen LogP contribution in [0.3, 0.4) is 0 Å². The van der Waals surface area contributed by atoms with Gasteiger partial charge in [0.05, 0.1) is 4.91 Å². The van der Waals surface area contributed by atoms with Crippen molar-refractivity contribution in [2.45, 2.75) is 58.3 Å². The van der Waals surface area contributed by atoms with Crippen LogP contribution in [0.4, 0.5) is 0 Å². The molecule has 1 aromatic rings. The molecular weight excluding hydrogens is 526 g/mol. The highest BCUT2D eigenvalue weighted by Gasteiger charge is 2.56. The third kappa shape index (κ3) is 7.14. The molecule has 0 aromatic heterocycles. The summed E-state index contributed by atoms with van der Waals surface area (Å²) in [6, 6.07) is 9.07. The van der Waals surface area contributed by atoms with Gasteiger partial charge in [0.2, 0.25) is 0 Å². The second-order valence-corrected chi connectivity index (χ2v) is 9.73. The molecule has 2 aliphatic heterocycles. The molecule has 5 atom stereocenters. The van der Waals surface area contributed by atoms with E-state index in [4.69, 9.17) is 35.9 Å². The van der Waals surface area contributed by atoms with Crippen molar-refractivity contribution in [3.63, 3.8) is 0 Å². The van der Waals surface area contributed by atoms with Crippen LogP contribution in [-0.2, 0) is 47.7 Å². The molecule has 2 aliphatic rings. The third-order valence-corrected chi connectivity index (χ3v) is 6.47. The first-order valence-electron chi connectivity index (χ1n) is 11.1. The monoisotopic (exact) mass is 551 g/mol. The number of benzene rings is 1. The SMILES string of the molecule is CC(=O)OC[C@H]1O[C@@H](N2C(=O)/C(=C\c3ccccc3)SC2=S)[C@H](OC(C)=O)[C@@H](OC(C)=O)[C@H]1OC(C)=O. The summed E-state index contributed by atoms with van der Waals surface area (Å²) in [4.78, 5) is 62.3. The topological polar surface area (TPSA) is 135 Å². The molecule has 2 fully saturated rings. The highest BCUT2D eigenvalue weighted by molar-refractivity contribution is 8.26. The van der Waals surface area contributed by atoms with Crippen LogP contribution < -0.4 is 0 Å². The summed E-state index contributed by atoms with van der Waals surface area (Å²) < 4.78 is 27.4. The van der Waals surface area contributed by atoms with Crippen molar-refractivity contribution < 1.29 is 47.7 Å². The van der Waals surface area contributed by atoms with E-state index >= 15 is 0 Å². The van der Waals surface area contributed by atoms with Crippen molar-refractivity contribution in [2.75, 3.05) is 6.61 Å². The smallest absolute Gasteiger partial charge is 0.303 e. The van der Waals surface area contributed by atoms with E-state index in [1.165, 1.54) is 6.92 Å². The standard InChI is InChI=1S/C24H25NO10S2/c1-12(26)31-11-17-19(32-13(2)27)20(33-14(3)28)21(34-15(4)29)23(35-17)25-22(30)18(37-24(25)36)10-16-8-6-5-7-9-16/h5-10,17,19-21,23H,11H2,1-4H3/b18-10+/t17-,19+,20+,21-,23-/m1/s1. The van der Waals surface area contributed by atoms with Gasteiger partial charge < -0.3 is 23.7 Å². The predicted molar refractivity (Wildman–Crippen MR) is 133 cm³/mol. The molecule has 0 N–H and O–H groups in total. The van der Waals surface area contributed by atoms with Gasteiger partial charge in [-0.05, 0) is 11.6 Å². The first kappa shape index (κ1) is 28.3. The van der Waals surface area contributed by atoms with Crippen LogP contribution in [0.5, 0.6) is 0 Å². The van der Waals surface area contributed by atoms with E-state index in [0.29, 0.717) is 0 Å². The van der Waals surface area contributed by atoms with Crippen molar-refractivity contribution in [3.05, 3.63) is 40.8 Å².